The smallest absolute Gasteiger partial charge is 0.304 e. The van der Waals surface area contributed by atoms with Gasteiger partial charge in [-0.1, -0.05) is 6.07 Å². The van der Waals surface area contributed by atoms with Gasteiger partial charge in [0.2, 0.25) is 5.91 Å². The molecule has 0 aliphatic rings. The number of hydrogen-bond donors (Lipinski definition) is 3. The molecule has 0 radical (unpaired) electrons. The number of halogens is 4. The number of thiazole rings is 1. The standard InChI is InChI=1S/C19H15F4N5O3S2/c1-27-15(30)14(16(32)28(2)18(27)31)11(24)6-13(29)26-17-25-12(7-33-17)8-3-4-9(10(20)5-8)19(21,22)23/h3-5,7,24,32H,6H2,1-2H3,(H,25,26,29). The first-order valence-electron chi connectivity index (χ1n) is 9.00. The molecule has 14 heteroatoms. The highest BCUT2D eigenvalue weighted by molar-refractivity contribution is 7.80. The van der Waals surface area contributed by atoms with E-state index in [1.807, 2.05) is 0 Å². The zero-order chi connectivity index (χ0) is 24.7. The molecule has 0 saturated heterocycles. The fourth-order valence-corrected chi connectivity index (χ4v) is 3.93. The number of thiol groups is 1. The molecule has 2 N–H and O–H groups in total. The van der Waals surface area contributed by atoms with Crippen LogP contribution in [0.2, 0.25) is 0 Å². The first-order valence-corrected chi connectivity index (χ1v) is 10.3. The van der Waals surface area contributed by atoms with Crippen LogP contribution in [0.5, 0.6) is 0 Å². The van der Waals surface area contributed by atoms with Crippen LogP contribution < -0.4 is 16.6 Å². The lowest BCUT2D eigenvalue weighted by atomic mass is 10.1. The van der Waals surface area contributed by atoms with Gasteiger partial charge in [0.15, 0.2) is 5.13 Å². The highest BCUT2D eigenvalue weighted by atomic mass is 32.1. The van der Waals surface area contributed by atoms with E-state index in [0.29, 0.717) is 12.1 Å². The number of hydrogen-bond acceptors (Lipinski definition) is 7. The lowest BCUT2D eigenvalue weighted by Crippen LogP contribution is -2.41. The Kier molecular flexibility index (Phi) is 6.61. The molecule has 2 heterocycles. The van der Waals surface area contributed by atoms with E-state index < -0.39 is 41.1 Å². The topological polar surface area (TPSA) is 110 Å². The molecule has 0 fully saturated rings. The van der Waals surface area contributed by atoms with Gasteiger partial charge in [0.1, 0.15) is 5.82 Å². The summed E-state index contributed by atoms with van der Waals surface area (Å²) < 4.78 is 53.8. The maximum absolute atomic E-state index is 13.8. The van der Waals surface area contributed by atoms with Gasteiger partial charge in [-0.25, -0.2) is 14.2 Å². The molecule has 174 valence electrons. The second-order valence-corrected chi connectivity index (χ2v) is 8.12. The summed E-state index contributed by atoms with van der Waals surface area (Å²) in [5.74, 6) is -2.16. The van der Waals surface area contributed by atoms with Crippen LogP contribution in [0.1, 0.15) is 17.5 Å². The minimum absolute atomic E-state index is 0.0579. The molecule has 8 nitrogen and oxygen atoms in total. The van der Waals surface area contributed by atoms with E-state index in [0.717, 1.165) is 26.5 Å². The van der Waals surface area contributed by atoms with Gasteiger partial charge >= 0.3 is 11.9 Å². The van der Waals surface area contributed by atoms with Crippen LogP contribution in [0.3, 0.4) is 0 Å². The zero-order valence-electron chi connectivity index (χ0n) is 17.0. The molecule has 2 aromatic heterocycles. The van der Waals surface area contributed by atoms with E-state index in [2.05, 4.69) is 22.9 Å². The Bertz CT molecular complexity index is 1390. The van der Waals surface area contributed by atoms with Gasteiger partial charge in [-0.3, -0.25) is 18.7 Å². The van der Waals surface area contributed by atoms with Crippen molar-refractivity contribution < 1.29 is 22.4 Å². The molecule has 1 amide bonds. The lowest BCUT2D eigenvalue weighted by molar-refractivity contribution is -0.140. The van der Waals surface area contributed by atoms with Gasteiger partial charge in [0.25, 0.3) is 5.56 Å². The summed E-state index contributed by atoms with van der Waals surface area (Å²) >= 11 is 5.04. The van der Waals surface area contributed by atoms with Gasteiger partial charge in [-0.15, -0.1) is 24.0 Å². The van der Waals surface area contributed by atoms with Crippen LogP contribution in [0.4, 0.5) is 22.7 Å². The Morgan fingerprint density at radius 2 is 1.91 bits per heavy atom. The number of benzene rings is 1. The van der Waals surface area contributed by atoms with Crippen molar-refractivity contribution in [3.8, 4) is 11.3 Å². The number of rotatable bonds is 5. The number of carbonyl (C=O) groups is 1. The third-order valence-electron chi connectivity index (χ3n) is 4.59. The lowest BCUT2D eigenvalue weighted by Gasteiger charge is -2.11. The van der Waals surface area contributed by atoms with Crippen molar-refractivity contribution in [1.29, 1.82) is 5.41 Å². The quantitative estimate of drug-likeness (QED) is 0.216. The number of nitrogens with one attached hydrogen (secondary N) is 2. The monoisotopic (exact) mass is 501 g/mol. The van der Waals surface area contributed by atoms with Gasteiger partial charge < -0.3 is 10.7 Å². The second-order valence-electron chi connectivity index (χ2n) is 6.84. The first-order chi connectivity index (χ1) is 15.3. The summed E-state index contributed by atoms with van der Waals surface area (Å²) in [6.07, 6.45) is -5.36. The third kappa shape index (κ3) is 4.90. The van der Waals surface area contributed by atoms with E-state index in [4.69, 9.17) is 5.41 Å². The minimum Gasteiger partial charge on any atom is -0.304 e. The van der Waals surface area contributed by atoms with Crippen LogP contribution >= 0.6 is 24.0 Å². The van der Waals surface area contributed by atoms with E-state index in [1.54, 1.807) is 0 Å². The van der Waals surface area contributed by atoms with E-state index in [1.165, 1.54) is 19.5 Å². The molecule has 0 saturated carbocycles. The highest BCUT2D eigenvalue weighted by Crippen LogP contribution is 2.34. The zero-order valence-corrected chi connectivity index (χ0v) is 18.7. The number of carbonyl (C=O) groups excluding carboxylic acids is 1. The van der Waals surface area contributed by atoms with Gasteiger partial charge in [-0.05, 0) is 12.1 Å². The summed E-state index contributed by atoms with van der Waals surface area (Å²) in [7, 11) is 2.60. The Balaban J connectivity index is 1.76. The Hall–Kier alpha value is -3.26. The normalized spacial score (nSPS) is 11.5. The Morgan fingerprint density at radius 1 is 1.24 bits per heavy atom. The number of alkyl halides is 3. The Labute approximate surface area is 192 Å². The Morgan fingerprint density at radius 3 is 2.52 bits per heavy atom. The highest BCUT2D eigenvalue weighted by Gasteiger charge is 2.34. The van der Waals surface area contributed by atoms with Crippen molar-refractivity contribution in [2.75, 3.05) is 5.32 Å². The molecule has 0 aliphatic heterocycles. The summed E-state index contributed by atoms with van der Waals surface area (Å²) in [6.45, 7) is 0. The molecule has 0 unspecified atom stereocenters. The number of amides is 1. The largest absolute Gasteiger partial charge is 0.419 e. The average molecular weight is 501 g/mol. The second kappa shape index (κ2) is 8.94. The van der Waals surface area contributed by atoms with Crippen molar-refractivity contribution in [2.24, 2.45) is 14.1 Å². The van der Waals surface area contributed by atoms with Crippen LogP contribution in [-0.2, 0) is 25.1 Å². The third-order valence-corrected chi connectivity index (χ3v) is 5.87. The van der Waals surface area contributed by atoms with E-state index >= 15 is 0 Å². The molecule has 0 aliphatic carbocycles. The van der Waals surface area contributed by atoms with Crippen molar-refractivity contribution in [2.45, 2.75) is 17.6 Å². The average Bonchev–Trinajstić information content (AvgIpc) is 3.18. The maximum Gasteiger partial charge on any atom is 0.419 e. The van der Waals surface area contributed by atoms with Crippen molar-refractivity contribution >= 4 is 40.7 Å². The molecule has 0 atom stereocenters. The first kappa shape index (κ1) is 24.4. The van der Waals surface area contributed by atoms with E-state index in [-0.39, 0.29) is 32.7 Å². The fourth-order valence-electron chi connectivity index (χ4n) is 2.88. The summed E-state index contributed by atoms with van der Waals surface area (Å²) in [5.41, 5.74) is -3.18. The molecule has 33 heavy (non-hydrogen) atoms. The summed E-state index contributed by atoms with van der Waals surface area (Å²) in [5, 5.41) is 11.9. The number of anilines is 1. The molecule has 0 spiro atoms. The van der Waals surface area contributed by atoms with Crippen LogP contribution in [0, 0.1) is 11.2 Å². The van der Waals surface area contributed by atoms with Crippen LogP contribution in [-0.4, -0.2) is 25.7 Å². The summed E-state index contributed by atoms with van der Waals surface area (Å²) in [6, 6.07) is 2.36. The maximum atomic E-state index is 13.8. The van der Waals surface area contributed by atoms with E-state index in [9.17, 15) is 31.9 Å². The van der Waals surface area contributed by atoms with Gasteiger partial charge in [-0.2, -0.15) is 13.2 Å². The van der Waals surface area contributed by atoms with Crippen molar-refractivity contribution in [1.82, 2.24) is 14.1 Å². The van der Waals surface area contributed by atoms with Crippen LogP contribution in [0.15, 0.2) is 38.2 Å². The fraction of sp³-hybridized carbons (Fsp3) is 0.211. The molecule has 1 aromatic carbocycles. The van der Waals surface area contributed by atoms with Gasteiger partial charge in [0.05, 0.1) is 34.0 Å². The predicted molar refractivity (Wildman–Crippen MR) is 117 cm³/mol. The minimum atomic E-state index is -4.83. The molecular formula is C19H15F4N5O3S2. The molecule has 3 aromatic rings. The number of aromatic nitrogens is 3. The predicted octanol–water partition coefficient (Wildman–Crippen LogP) is 3.05. The molecular weight excluding hydrogens is 486 g/mol. The summed E-state index contributed by atoms with van der Waals surface area (Å²) in [4.78, 5) is 40.6. The SMILES string of the molecule is Cn1c(S)c(C(=N)CC(=O)Nc2nc(-c3ccc(C(F)(F)F)c(F)c3)cs2)c(=O)n(C)c1=O. The molecule has 0 bridgehead atoms. The van der Waals surface area contributed by atoms with Crippen LogP contribution in [0.25, 0.3) is 11.3 Å². The van der Waals surface area contributed by atoms with Crippen molar-refractivity contribution in [3.05, 3.63) is 61.4 Å². The molecule has 3 rings (SSSR count). The van der Waals surface area contributed by atoms with Gasteiger partial charge in [0, 0.05) is 25.0 Å². The number of nitrogens with zero attached hydrogens (tertiary/aromatic N) is 3. The van der Waals surface area contributed by atoms with Crippen molar-refractivity contribution in [3.63, 3.8) is 0 Å².